The van der Waals surface area contributed by atoms with Crippen molar-refractivity contribution in [3.05, 3.63) is 40.9 Å². The van der Waals surface area contributed by atoms with Gasteiger partial charge in [-0.25, -0.2) is 0 Å². The Morgan fingerprint density at radius 1 is 1.47 bits per heavy atom. The number of amides is 1. The molecule has 3 nitrogen and oxygen atoms in total. The molecule has 0 aromatic heterocycles. The Labute approximate surface area is 111 Å². The predicted octanol–water partition coefficient (Wildman–Crippen LogP) is 2.36. The van der Waals surface area contributed by atoms with Crippen molar-refractivity contribution in [3.63, 3.8) is 0 Å². The van der Waals surface area contributed by atoms with Gasteiger partial charge in [-0.05, 0) is 36.8 Å². The SMILES string of the molecule is CCNC(=S)NC(=O)C=Cc1ccccc1Cl. The first-order valence-electron chi connectivity index (χ1n) is 5.15. The van der Waals surface area contributed by atoms with Crippen molar-refractivity contribution in [3.8, 4) is 0 Å². The van der Waals surface area contributed by atoms with E-state index in [1.165, 1.54) is 6.08 Å². The van der Waals surface area contributed by atoms with Crippen LogP contribution in [0.5, 0.6) is 0 Å². The van der Waals surface area contributed by atoms with Crippen LogP contribution < -0.4 is 10.6 Å². The molecule has 90 valence electrons. The summed E-state index contributed by atoms with van der Waals surface area (Å²) in [6.07, 6.45) is 3.04. The van der Waals surface area contributed by atoms with Crippen LogP contribution in [0.15, 0.2) is 30.3 Å². The molecular weight excluding hydrogens is 256 g/mol. The van der Waals surface area contributed by atoms with Gasteiger partial charge in [-0.15, -0.1) is 0 Å². The number of nitrogens with one attached hydrogen (secondary N) is 2. The molecule has 1 aromatic rings. The summed E-state index contributed by atoms with van der Waals surface area (Å²) in [6.45, 7) is 2.57. The second kappa shape index (κ2) is 7.04. The Bertz CT molecular complexity index is 446. The van der Waals surface area contributed by atoms with Crippen molar-refractivity contribution in [1.29, 1.82) is 0 Å². The lowest BCUT2D eigenvalue weighted by atomic mass is 10.2. The number of thiocarbonyl (C=S) groups is 1. The van der Waals surface area contributed by atoms with Gasteiger partial charge >= 0.3 is 0 Å². The molecule has 0 saturated carbocycles. The van der Waals surface area contributed by atoms with Gasteiger partial charge in [0.1, 0.15) is 0 Å². The molecule has 0 spiro atoms. The van der Waals surface area contributed by atoms with Gasteiger partial charge in [-0.1, -0.05) is 29.8 Å². The molecule has 0 heterocycles. The van der Waals surface area contributed by atoms with Gasteiger partial charge in [0.15, 0.2) is 5.11 Å². The molecule has 0 radical (unpaired) electrons. The first-order chi connectivity index (χ1) is 8.13. The Morgan fingerprint density at radius 3 is 2.82 bits per heavy atom. The van der Waals surface area contributed by atoms with Gasteiger partial charge in [-0.2, -0.15) is 0 Å². The minimum atomic E-state index is -0.282. The van der Waals surface area contributed by atoms with Gasteiger partial charge in [0.25, 0.3) is 0 Å². The van der Waals surface area contributed by atoms with Gasteiger partial charge in [0, 0.05) is 17.6 Å². The third-order valence-electron chi connectivity index (χ3n) is 1.89. The lowest BCUT2D eigenvalue weighted by Gasteiger charge is -2.04. The van der Waals surface area contributed by atoms with E-state index in [4.69, 9.17) is 23.8 Å². The Balaban J connectivity index is 2.57. The maximum atomic E-state index is 11.4. The van der Waals surface area contributed by atoms with E-state index in [1.807, 2.05) is 25.1 Å². The van der Waals surface area contributed by atoms with Crippen LogP contribution in [0.3, 0.4) is 0 Å². The smallest absolute Gasteiger partial charge is 0.250 e. The van der Waals surface area contributed by atoms with Crippen molar-refractivity contribution in [2.75, 3.05) is 6.54 Å². The zero-order valence-corrected chi connectivity index (χ0v) is 10.9. The molecule has 2 N–H and O–H groups in total. The number of hydrogen-bond acceptors (Lipinski definition) is 2. The number of halogens is 1. The molecule has 1 aromatic carbocycles. The minimum absolute atomic E-state index is 0.282. The average Bonchev–Trinajstić information content (AvgIpc) is 2.28. The van der Waals surface area contributed by atoms with E-state index >= 15 is 0 Å². The lowest BCUT2D eigenvalue weighted by Crippen LogP contribution is -2.38. The van der Waals surface area contributed by atoms with E-state index < -0.39 is 0 Å². The standard InChI is InChI=1S/C12H13ClN2OS/c1-2-14-12(17)15-11(16)8-7-9-5-3-4-6-10(9)13/h3-8H,2H2,1H3,(H2,14,15,16,17). The molecule has 0 aliphatic heterocycles. The maximum Gasteiger partial charge on any atom is 0.250 e. The van der Waals surface area contributed by atoms with Crippen molar-refractivity contribution in [2.24, 2.45) is 0 Å². The monoisotopic (exact) mass is 268 g/mol. The molecule has 0 saturated heterocycles. The molecule has 1 amide bonds. The van der Waals surface area contributed by atoms with E-state index in [-0.39, 0.29) is 5.91 Å². The molecule has 0 aliphatic rings. The van der Waals surface area contributed by atoms with Crippen molar-refractivity contribution < 1.29 is 4.79 Å². The van der Waals surface area contributed by atoms with Gasteiger partial charge in [0.2, 0.25) is 5.91 Å². The fourth-order valence-electron chi connectivity index (χ4n) is 1.13. The molecule has 5 heteroatoms. The highest BCUT2D eigenvalue weighted by atomic mass is 35.5. The molecule has 17 heavy (non-hydrogen) atoms. The average molecular weight is 269 g/mol. The van der Waals surface area contributed by atoms with Crippen molar-refractivity contribution in [2.45, 2.75) is 6.92 Å². The highest BCUT2D eigenvalue weighted by molar-refractivity contribution is 7.80. The molecule has 0 bridgehead atoms. The lowest BCUT2D eigenvalue weighted by molar-refractivity contribution is -0.115. The van der Waals surface area contributed by atoms with Crippen LogP contribution in [0.25, 0.3) is 6.08 Å². The molecule has 0 aliphatic carbocycles. The van der Waals surface area contributed by atoms with Crippen molar-refractivity contribution >= 4 is 40.9 Å². The molecule has 0 atom stereocenters. The highest BCUT2D eigenvalue weighted by Crippen LogP contribution is 2.15. The Morgan fingerprint density at radius 2 is 2.18 bits per heavy atom. The highest BCUT2D eigenvalue weighted by Gasteiger charge is 1.99. The van der Waals surface area contributed by atoms with Gasteiger partial charge in [-0.3, -0.25) is 10.1 Å². The number of benzene rings is 1. The third-order valence-corrected chi connectivity index (χ3v) is 2.48. The van der Waals surface area contributed by atoms with E-state index in [1.54, 1.807) is 12.1 Å². The van der Waals surface area contributed by atoms with Crippen LogP contribution in [-0.4, -0.2) is 17.6 Å². The topological polar surface area (TPSA) is 41.1 Å². The number of rotatable bonds is 3. The summed E-state index contributed by atoms with van der Waals surface area (Å²) in [4.78, 5) is 11.4. The minimum Gasteiger partial charge on any atom is -0.363 e. The summed E-state index contributed by atoms with van der Waals surface area (Å²) in [5, 5.41) is 6.27. The van der Waals surface area contributed by atoms with E-state index in [2.05, 4.69) is 10.6 Å². The largest absolute Gasteiger partial charge is 0.363 e. The van der Waals surface area contributed by atoms with Gasteiger partial charge < -0.3 is 5.32 Å². The van der Waals surface area contributed by atoms with Crippen molar-refractivity contribution in [1.82, 2.24) is 10.6 Å². The Hall–Kier alpha value is -1.39. The summed E-state index contributed by atoms with van der Waals surface area (Å²) in [5.74, 6) is -0.282. The summed E-state index contributed by atoms with van der Waals surface area (Å²) >= 11 is 10.8. The Kier molecular flexibility index (Phi) is 5.66. The summed E-state index contributed by atoms with van der Waals surface area (Å²) in [5.41, 5.74) is 0.790. The fraction of sp³-hybridized carbons (Fsp3) is 0.167. The molecule has 0 unspecified atom stereocenters. The van der Waals surface area contributed by atoms with Crippen LogP contribution in [0, 0.1) is 0 Å². The van der Waals surface area contributed by atoms with Crippen LogP contribution in [0.2, 0.25) is 5.02 Å². The van der Waals surface area contributed by atoms with Crippen LogP contribution in [0.1, 0.15) is 12.5 Å². The number of hydrogen-bond donors (Lipinski definition) is 2. The zero-order chi connectivity index (χ0) is 12.7. The second-order valence-electron chi connectivity index (χ2n) is 3.20. The molecule has 1 rings (SSSR count). The first-order valence-corrected chi connectivity index (χ1v) is 5.93. The molecule has 0 fully saturated rings. The predicted molar refractivity (Wildman–Crippen MR) is 74.9 cm³/mol. The zero-order valence-electron chi connectivity index (χ0n) is 9.37. The summed E-state index contributed by atoms with van der Waals surface area (Å²) in [6, 6.07) is 7.28. The quantitative estimate of drug-likeness (QED) is 0.653. The maximum absolute atomic E-state index is 11.4. The number of carbonyl (C=O) groups excluding carboxylic acids is 1. The fourth-order valence-corrected chi connectivity index (χ4v) is 1.58. The number of carbonyl (C=O) groups is 1. The van der Waals surface area contributed by atoms with E-state index in [9.17, 15) is 4.79 Å². The van der Waals surface area contributed by atoms with Gasteiger partial charge in [0.05, 0.1) is 0 Å². The van der Waals surface area contributed by atoms with E-state index in [0.717, 1.165) is 5.56 Å². The van der Waals surface area contributed by atoms with Crippen LogP contribution >= 0.6 is 23.8 Å². The first kappa shape index (κ1) is 13.7. The third kappa shape index (κ3) is 4.97. The summed E-state index contributed by atoms with van der Waals surface area (Å²) in [7, 11) is 0. The molecular formula is C12H13ClN2OS. The normalized spacial score (nSPS) is 10.2. The van der Waals surface area contributed by atoms with E-state index in [0.29, 0.717) is 16.7 Å². The van der Waals surface area contributed by atoms with Crippen LogP contribution in [-0.2, 0) is 4.79 Å². The van der Waals surface area contributed by atoms with Crippen LogP contribution in [0.4, 0.5) is 0 Å². The summed E-state index contributed by atoms with van der Waals surface area (Å²) < 4.78 is 0. The second-order valence-corrected chi connectivity index (χ2v) is 4.02.